The van der Waals surface area contributed by atoms with Gasteiger partial charge in [0.05, 0.1) is 18.8 Å². The first-order valence-corrected chi connectivity index (χ1v) is 8.07. The topological polar surface area (TPSA) is 40.5 Å². The Labute approximate surface area is 126 Å². The number of hydrogen-bond acceptors (Lipinski definition) is 3. The summed E-state index contributed by atoms with van der Waals surface area (Å²) in [6.45, 7) is 4.89. The summed E-state index contributed by atoms with van der Waals surface area (Å²) in [6.07, 6.45) is 0. The first-order chi connectivity index (χ1) is 8.90. The van der Waals surface area contributed by atoms with Gasteiger partial charge in [-0.05, 0) is 30.2 Å². The number of amides is 1. The minimum absolute atomic E-state index is 0.0956. The lowest BCUT2D eigenvalue weighted by atomic mass is 9.83. The van der Waals surface area contributed by atoms with Crippen LogP contribution in [0.5, 0.6) is 0 Å². The van der Waals surface area contributed by atoms with Gasteiger partial charge < -0.3 is 10.0 Å². The van der Waals surface area contributed by atoms with Crippen molar-refractivity contribution in [1.29, 1.82) is 0 Å². The highest BCUT2D eigenvalue weighted by Gasteiger charge is 2.45. The molecule has 1 heterocycles. The molecular weight excluding hydrogens is 326 g/mol. The van der Waals surface area contributed by atoms with E-state index in [2.05, 4.69) is 15.9 Å². The molecule has 104 valence electrons. The highest BCUT2D eigenvalue weighted by molar-refractivity contribution is 9.10. The molecule has 1 aliphatic rings. The summed E-state index contributed by atoms with van der Waals surface area (Å²) in [4.78, 5) is 14.8. The summed E-state index contributed by atoms with van der Waals surface area (Å²) in [6, 6.07) is 7.91. The first kappa shape index (κ1) is 14.9. The molecule has 1 aliphatic heterocycles. The van der Waals surface area contributed by atoms with E-state index in [1.165, 1.54) is 11.8 Å². The molecule has 1 N–H and O–H groups in total. The van der Waals surface area contributed by atoms with Crippen LogP contribution in [0.1, 0.15) is 13.8 Å². The molecule has 0 unspecified atom stereocenters. The Kier molecular flexibility index (Phi) is 4.58. The average molecular weight is 344 g/mol. The molecule has 3 nitrogen and oxygen atoms in total. The van der Waals surface area contributed by atoms with Gasteiger partial charge >= 0.3 is 0 Å². The quantitative estimate of drug-likeness (QED) is 0.854. The predicted octanol–water partition coefficient (Wildman–Crippen LogP) is 2.77. The molecule has 1 amide bonds. The van der Waals surface area contributed by atoms with Crippen molar-refractivity contribution in [3.63, 3.8) is 0 Å². The second kappa shape index (κ2) is 5.85. The van der Waals surface area contributed by atoms with E-state index < -0.39 is 5.60 Å². The predicted molar refractivity (Wildman–Crippen MR) is 81.2 cm³/mol. The summed E-state index contributed by atoms with van der Waals surface area (Å²) in [5.74, 6) is 0.712. The highest BCUT2D eigenvalue weighted by Crippen LogP contribution is 2.29. The van der Waals surface area contributed by atoms with Crippen molar-refractivity contribution < 1.29 is 9.90 Å². The number of rotatable bonds is 4. The van der Waals surface area contributed by atoms with Crippen molar-refractivity contribution in [2.45, 2.75) is 24.3 Å². The molecule has 1 saturated heterocycles. The monoisotopic (exact) mass is 343 g/mol. The van der Waals surface area contributed by atoms with Crippen LogP contribution in [0.4, 0.5) is 0 Å². The Morgan fingerprint density at radius 2 is 2.00 bits per heavy atom. The number of aliphatic hydroxyl groups is 1. The summed E-state index contributed by atoms with van der Waals surface area (Å²) in [7, 11) is 0. The molecule has 0 aromatic heterocycles. The number of hydrogen-bond donors (Lipinski definition) is 1. The molecule has 0 bridgehead atoms. The highest BCUT2D eigenvalue weighted by atomic mass is 79.9. The van der Waals surface area contributed by atoms with Gasteiger partial charge in [-0.1, -0.05) is 29.8 Å². The van der Waals surface area contributed by atoms with Gasteiger partial charge in [-0.3, -0.25) is 4.79 Å². The molecule has 0 spiro atoms. The summed E-state index contributed by atoms with van der Waals surface area (Å²) >= 11 is 4.91. The van der Waals surface area contributed by atoms with E-state index in [1.54, 1.807) is 4.90 Å². The van der Waals surface area contributed by atoms with Gasteiger partial charge in [-0.15, -0.1) is 11.8 Å². The second-order valence-electron chi connectivity index (χ2n) is 5.25. The van der Waals surface area contributed by atoms with E-state index in [0.717, 1.165) is 9.37 Å². The van der Waals surface area contributed by atoms with E-state index in [4.69, 9.17) is 0 Å². The van der Waals surface area contributed by atoms with Crippen LogP contribution in [0.25, 0.3) is 0 Å². The number of carbonyl (C=O) groups excluding carboxylic acids is 1. The van der Waals surface area contributed by atoms with E-state index >= 15 is 0 Å². The maximum absolute atomic E-state index is 12.0. The summed E-state index contributed by atoms with van der Waals surface area (Å²) < 4.78 is 1.04. The van der Waals surface area contributed by atoms with Crippen LogP contribution in [0.3, 0.4) is 0 Å². The van der Waals surface area contributed by atoms with Crippen LogP contribution in [-0.2, 0) is 4.79 Å². The SMILES string of the molecule is CC(C)C1(O)CN(C(=O)CSc2ccc(Br)cc2)C1. The lowest BCUT2D eigenvalue weighted by molar-refractivity contribution is -0.161. The smallest absolute Gasteiger partial charge is 0.233 e. The van der Waals surface area contributed by atoms with Crippen LogP contribution in [0.2, 0.25) is 0 Å². The number of likely N-dealkylation sites (tertiary alicyclic amines) is 1. The molecule has 1 fully saturated rings. The maximum Gasteiger partial charge on any atom is 0.233 e. The average Bonchev–Trinajstić information content (AvgIpc) is 2.33. The van der Waals surface area contributed by atoms with Gasteiger partial charge in [-0.25, -0.2) is 0 Å². The van der Waals surface area contributed by atoms with Gasteiger partial charge in [0.25, 0.3) is 0 Å². The first-order valence-electron chi connectivity index (χ1n) is 6.29. The van der Waals surface area contributed by atoms with Gasteiger partial charge in [0.1, 0.15) is 5.60 Å². The third-order valence-electron chi connectivity index (χ3n) is 3.53. The Hall–Kier alpha value is -0.520. The van der Waals surface area contributed by atoms with Crippen molar-refractivity contribution in [2.24, 2.45) is 5.92 Å². The summed E-state index contributed by atoms with van der Waals surface area (Å²) in [5.41, 5.74) is -0.683. The van der Waals surface area contributed by atoms with E-state index in [-0.39, 0.29) is 11.8 Å². The molecule has 1 aromatic carbocycles. The normalized spacial score (nSPS) is 17.4. The maximum atomic E-state index is 12.0. The van der Waals surface area contributed by atoms with Gasteiger partial charge in [-0.2, -0.15) is 0 Å². The van der Waals surface area contributed by atoms with Crippen LogP contribution in [-0.4, -0.2) is 40.4 Å². The van der Waals surface area contributed by atoms with Crippen molar-refractivity contribution in [2.75, 3.05) is 18.8 Å². The number of nitrogens with zero attached hydrogens (tertiary/aromatic N) is 1. The summed E-state index contributed by atoms with van der Waals surface area (Å²) in [5, 5.41) is 10.1. The number of thioether (sulfide) groups is 1. The molecule has 0 radical (unpaired) electrons. The molecule has 0 saturated carbocycles. The molecule has 1 aromatic rings. The fourth-order valence-corrected chi connectivity index (χ4v) is 2.99. The second-order valence-corrected chi connectivity index (χ2v) is 7.22. The number of β-amino-alcohol motifs (C(OH)–C–C–N with tert-alkyl or cyclic N) is 1. The van der Waals surface area contributed by atoms with Crippen molar-refractivity contribution in [1.82, 2.24) is 4.90 Å². The molecular formula is C14H18BrNO2S. The third kappa shape index (κ3) is 3.52. The largest absolute Gasteiger partial charge is 0.386 e. The zero-order chi connectivity index (χ0) is 14.0. The van der Waals surface area contributed by atoms with Crippen LogP contribution in [0, 0.1) is 5.92 Å². The lowest BCUT2D eigenvalue weighted by Gasteiger charge is -2.49. The van der Waals surface area contributed by atoms with Crippen molar-refractivity contribution >= 4 is 33.6 Å². The number of halogens is 1. The fraction of sp³-hybridized carbons (Fsp3) is 0.500. The Morgan fingerprint density at radius 3 is 2.53 bits per heavy atom. The molecule has 0 aliphatic carbocycles. The number of benzene rings is 1. The zero-order valence-corrected chi connectivity index (χ0v) is 13.5. The van der Waals surface area contributed by atoms with E-state index in [9.17, 15) is 9.90 Å². The van der Waals surface area contributed by atoms with Gasteiger partial charge in [0.15, 0.2) is 0 Å². The minimum Gasteiger partial charge on any atom is -0.386 e. The fourth-order valence-electron chi connectivity index (χ4n) is 1.92. The van der Waals surface area contributed by atoms with Crippen LogP contribution in [0.15, 0.2) is 33.6 Å². The number of carbonyl (C=O) groups is 1. The Bertz CT molecular complexity index is 455. The molecule has 0 atom stereocenters. The van der Waals surface area contributed by atoms with Crippen molar-refractivity contribution in [3.05, 3.63) is 28.7 Å². The van der Waals surface area contributed by atoms with Crippen molar-refractivity contribution in [3.8, 4) is 0 Å². The zero-order valence-electron chi connectivity index (χ0n) is 11.1. The molecule has 19 heavy (non-hydrogen) atoms. The Balaban J connectivity index is 1.79. The van der Waals surface area contributed by atoms with E-state index in [1.807, 2.05) is 38.1 Å². The minimum atomic E-state index is -0.683. The standard InChI is InChI=1S/C14H18BrNO2S/c1-10(2)14(18)8-16(9-14)13(17)7-19-12-5-3-11(15)4-6-12/h3-6,10,18H,7-9H2,1-2H3. The van der Waals surface area contributed by atoms with Gasteiger partial charge in [0.2, 0.25) is 5.91 Å². The Morgan fingerprint density at radius 1 is 1.42 bits per heavy atom. The van der Waals surface area contributed by atoms with Crippen LogP contribution >= 0.6 is 27.7 Å². The van der Waals surface area contributed by atoms with Crippen LogP contribution < -0.4 is 0 Å². The molecule has 2 rings (SSSR count). The van der Waals surface area contributed by atoms with Gasteiger partial charge in [0, 0.05) is 9.37 Å². The lowest BCUT2D eigenvalue weighted by Crippen LogP contribution is -2.66. The third-order valence-corrected chi connectivity index (χ3v) is 5.06. The van der Waals surface area contributed by atoms with E-state index in [0.29, 0.717) is 18.8 Å². The molecule has 5 heteroatoms.